The molecule has 1 amide bonds. The van der Waals surface area contributed by atoms with Crippen LogP contribution in [0.15, 0.2) is 18.2 Å². The van der Waals surface area contributed by atoms with E-state index in [0.29, 0.717) is 5.92 Å². The van der Waals surface area contributed by atoms with Crippen molar-refractivity contribution < 1.29 is 4.79 Å². The number of aromatic nitrogens is 1. The van der Waals surface area contributed by atoms with Crippen LogP contribution in [0.5, 0.6) is 0 Å². The molecule has 2 N–H and O–H groups in total. The molecule has 4 nitrogen and oxygen atoms in total. The Morgan fingerprint density at radius 2 is 1.87 bits per heavy atom. The summed E-state index contributed by atoms with van der Waals surface area (Å²) in [6, 6.07) is 6.50. The van der Waals surface area contributed by atoms with Crippen LogP contribution in [0.25, 0.3) is 11.6 Å². The van der Waals surface area contributed by atoms with Crippen LogP contribution in [0.3, 0.4) is 0 Å². The van der Waals surface area contributed by atoms with Crippen molar-refractivity contribution in [3.05, 3.63) is 51.8 Å². The van der Waals surface area contributed by atoms with Gasteiger partial charge < -0.3 is 15.2 Å². The smallest absolute Gasteiger partial charge is 0.256 e. The zero-order valence-corrected chi connectivity index (χ0v) is 19.0. The molecule has 5 rings (SSSR count). The summed E-state index contributed by atoms with van der Waals surface area (Å²) in [5.41, 5.74) is 9.56. The number of aryl methyl sites for hydroxylation is 1. The minimum atomic E-state index is 0.0189. The molecule has 2 aromatic rings. The molecular weight excluding hydrogens is 382 g/mol. The SMILES string of the molecule is CC(C)c1c(C=C2C(=O)Nc3ccc(CCN4CCCCC4)cc32)[nH]c2c1CCCC2. The maximum Gasteiger partial charge on any atom is 0.256 e. The van der Waals surface area contributed by atoms with Gasteiger partial charge in [0.15, 0.2) is 0 Å². The van der Waals surface area contributed by atoms with Crippen LogP contribution in [0.2, 0.25) is 0 Å². The number of aromatic amines is 1. The molecule has 2 aliphatic heterocycles. The second-order valence-corrected chi connectivity index (χ2v) is 9.82. The standard InChI is InChI=1S/C27H35N3O/c1-18(2)26-20-8-4-5-9-23(20)28-25(26)17-22-21-16-19(10-11-24(21)29-27(22)31)12-15-30-13-6-3-7-14-30/h10-11,16-18,28H,3-9,12-15H2,1-2H3,(H,29,31). The fourth-order valence-corrected chi connectivity index (χ4v) is 5.65. The van der Waals surface area contributed by atoms with Crippen LogP contribution in [-0.4, -0.2) is 35.4 Å². The van der Waals surface area contributed by atoms with Crippen molar-refractivity contribution in [2.45, 2.75) is 71.1 Å². The lowest BCUT2D eigenvalue weighted by Crippen LogP contribution is -2.31. The summed E-state index contributed by atoms with van der Waals surface area (Å²) in [6.45, 7) is 8.10. The molecule has 1 saturated heterocycles. The molecule has 0 bridgehead atoms. The molecule has 31 heavy (non-hydrogen) atoms. The first-order chi connectivity index (χ1) is 15.1. The number of benzene rings is 1. The van der Waals surface area contributed by atoms with Crippen molar-refractivity contribution >= 4 is 23.2 Å². The number of piperidine rings is 1. The van der Waals surface area contributed by atoms with Crippen LogP contribution in [-0.2, 0) is 24.1 Å². The number of anilines is 1. The Morgan fingerprint density at radius 3 is 2.68 bits per heavy atom. The van der Waals surface area contributed by atoms with Gasteiger partial charge in [-0.2, -0.15) is 0 Å². The Morgan fingerprint density at radius 1 is 1.06 bits per heavy atom. The van der Waals surface area contributed by atoms with Crippen LogP contribution >= 0.6 is 0 Å². The molecule has 1 fully saturated rings. The minimum Gasteiger partial charge on any atom is -0.358 e. The molecule has 0 spiro atoms. The Balaban J connectivity index is 1.44. The van der Waals surface area contributed by atoms with Crippen molar-refractivity contribution in [2.75, 3.05) is 25.0 Å². The van der Waals surface area contributed by atoms with Gasteiger partial charge >= 0.3 is 0 Å². The number of fused-ring (bicyclic) bond motifs is 2. The third-order valence-electron chi connectivity index (χ3n) is 7.27. The molecule has 1 aliphatic carbocycles. The number of H-pyrrole nitrogens is 1. The molecule has 0 radical (unpaired) electrons. The van der Waals surface area contributed by atoms with Gasteiger partial charge in [-0.25, -0.2) is 0 Å². The van der Waals surface area contributed by atoms with Gasteiger partial charge in [0.05, 0.1) is 5.57 Å². The summed E-state index contributed by atoms with van der Waals surface area (Å²) in [7, 11) is 0. The first-order valence-corrected chi connectivity index (χ1v) is 12.2. The van der Waals surface area contributed by atoms with Gasteiger partial charge in [-0.1, -0.05) is 26.3 Å². The molecule has 4 heteroatoms. The molecule has 3 aliphatic rings. The highest BCUT2D eigenvalue weighted by Crippen LogP contribution is 2.37. The highest BCUT2D eigenvalue weighted by atomic mass is 16.2. The van der Waals surface area contributed by atoms with Gasteiger partial charge in [0, 0.05) is 29.2 Å². The quantitative estimate of drug-likeness (QED) is 0.628. The fraction of sp³-hybridized carbons (Fsp3) is 0.519. The topological polar surface area (TPSA) is 48.1 Å². The predicted octanol–water partition coefficient (Wildman–Crippen LogP) is 5.54. The lowest BCUT2D eigenvalue weighted by atomic mass is 9.89. The van der Waals surface area contributed by atoms with Crippen LogP contribution < -0.4 is 5.32 Å². The minimum absolute atomic E-state index is 0.0189. The van der Waals surface area contributed by atoms with Gasteiger partial charge in [-0.3, -0.25) is 4.79 Å². The van der Waals surface area contributed by atoms with E-state index in [0.717, 1.165) is 48.3 Å². The number of hydrogen-bond donors (Lipinski definition) is 2. The third-order valence-corrected chi connectivity index (χ3v) is 7.27. The van der Waals surface area contributed by atoms with E-state index in [1.54, 1.807) is 0 Å². The second-order valence-electron chi connectivity index (χ2n) is 9.82. The number of rotatable bonds is 5. The molecule has 1 aromatic carbocycles. The van der Waals surface area contributed by atoms with Crippen LogP contribution in [0.1, 0.15) is 85.5 Å². The summed E-state index contributed by atoms with van der Waals surface area (Å²) in [6.07, 6.45) is 12.0. The number of nitrogens with one attached hydrogen (secondary N) is 2. The molecule has 0 unspecified atom stereocenters. The van der Waals surface area contributed by atoms with E-state index in [1.165, 1.54) is 67.6 Å². The third kappa shape index (κ3) is 4.10. The molecule has 164 valence electrons. The number of amides is 1. The number of carbonyl (C=O) groups is 1. The summed E-state index contributed by atoms with van der Waals surface area (Å²) in [5.74, 6) is 0.468. The highest BCUT2D eigenvalue weighted by Gasteiger charge is 2.27. The van der Waals surface area contributed by atoms with Crippen LogP contribution in [0.4, 0.5) is 5.69 Å². The molecular formula is C27H35N3O. The molecule has 0 atom stereocenters. The van der Waals surface area contributed by atoms with Gasteiger partial charge in [-0.15, -0.1) is 0 Å². The van der Waals surface area contributed by atoms with Crippen molar-refractivity contribution in [3.8, 4) is 0 Å². The summed E-state index contributed by atoms with van der Waals surface area (Å²) >= 11 is 0. The first-order valence-electron chi connectivity index (χ1n) is 12.2. The Bertz CT molecular complexity index is 1010. The fourth-order valence-electron chi connectivity index (χ4n) is 5.65. The highest BCUT2D eigenvalue weighted by molar-refractivity contribution is 6.34. The normalized spacial score (nSPS) is 20.2. The maximum absolute atomic E-state index is 12.9. The number of nitrogens with zero attached hydrogens (tertiary/aromatic N) is 1. The van der Waals surface area contributed by atoms with E-state index in [2.05, 4.69) is 53.3 Å². The Labute approximate surface area is 186 Å². The predicted molar refractivity (Wildman–Crippen MR) is 128 cm³/mol. The summed E-state index contributed by atoms with van der Waals surface area (Å²) in [4.78, 5) is 19.1. The van der Waals surface area contributed by atoms with E-state index >= 15 is 0 Å². The summed E-state index contributed by atoms with van der Waals surface area (Å²) < 4.78 is 0. The monoisotopic (exact) mass is 417 g/mol. The van der Waals surface area contributed by atoms with Gasteiger partial charge in [0.2, 0.25) is 0 Å². The Hall–Kier alpha value is -2.33. The van der Waals surface area contributed by atoms with E-state index in [-0.39, 0.29) is 5.91 Å². The number of carbonyl (C=O) groups excluding carboxylic acids is 1. The average molecular weight is 418 g/mol. The van der Waals surface area contributed by atoms with E-state index in [1.807, 2.05) is 0 Å². The largest absolute Gasteiger partial charge is 0.358 e. The van der Waals surface area contributed by atoms with Crippen molar-refractivity contribution in [1.29, 1.82) is 0 Å². The summed E-state index contributed by atoms with van der Waals surface area (Å²) in [5, 5.41) is 3.08. The van der Waals surface area contributed by atoms with E-state index < -0.39 is 0 Å². The average Bonchev–Trinajstić information content (AvgIpc) is 3.30. The lowest BCUT2D eigenvalue weighted by molar-refractivity contribution is -0.110. The Kier molecular flexibility index (Phi) is 5.75. The van der Waals surface area contributed by atoms with Crippen LogP contribution in [0, 0.1) is 0 Å². The van der Waals surface area contributed by atoms with E-state index in [9.17, 15) is 4.79 Å². The molecule has 0 saturated carbocycles. The molecule has 3 heterocycles. The van der Waals surface area contributed by atoms with Crippen molar-refractivity contribution in [2.24, 2.45) is 0 Å². The second kappa shape index (κ2) is 8.66. The zero-order chi connectivity index (χ0) is 21.4. The van der Waals surface area contributed by atoms with Crippen molar-refractivity contribution in [3.63, 3.8) is 0 Å². The van der Waals surface area contributed by atoms with Crippen molar-refractivity contribution in [1.82, 2.24) is 9.88 Å². The lowest BCUT2D eigenvalue weighted by Gasteiger charge is -2.26. The molecule has 1 aromatic heterocycles. The first kappa shape index (κ1) is 20.6. The van der Waals surface area contributed by atoms with Gasteiger partial charge in [0.1, 0.15) is 0 Å². The number of likely N-dealkylation sites (tertiary alicyclic amines) is 1. The number of hydrogen-bond acceptors (Lipinski definition) is 2. The van der Waals surface area contributed by atoms with Gasteiger partial charge in [-0.05, 0) is 98.9 Å². The zero-order valence-electron chi connectivity index (χ0n) is 19.0. The van der Waals surface area contributed by atoms with Gasteiger partial charge in [0.25, 0.3) is 5.91 Å². The van der Waals surface area contributed by atoms with E-state index in [4.69, 9.17) is 0 Å². The maximum atomic E-state index is 12.9.